The van der Waals surface area contributed by atoms with E-state index in [9.17, 15) is 4.79 Å². The Balaban J connectivity index is 2.11. The van der Waals surface area contributed by atoms with E-state index < -0.39 is 0 Å². The number of nitrogens with two attached hydrogens (primary N) is 1. The second kappa shape index (κ2) is 5.41. The zero-order chi connectivity index (χ0) is 13.1. The average molecular weight is 264 g/mol. The number of thioether (sulfide) groups is 1. The number of aromatic amines is 1. The number of aromatic nitrogens is 2. The van der Waals surface area contributed by atoms with Crippen molar-refractivity contribution in [2.24, 2.45) is 11.8 Å². The number of hydrogen-bond donors (Lipinski definition) is 3. The summed E-state index contributed by atoms with van der Waals surface area (Å²) in [4.78, 5) is 19.1. The molecule has 0 aliphatic rings. The van der Waals surface area contributed by atoms with E-state index in [4.69, 9.17) is 5.84 Å². The van der Waals surface area contributed by atoms with Crippen LogP contribution in [0.5, 0.6) is 0 Å². The molecule has 0 aliphatic heterocycles. The first-order chi connectivity index (χ1) is 8.61. The summed E-state index contributed by atoms with van der Waals surface area (Å²) in [5, 5.41) is 0.912. The van der Waals surface area contributed by atoms with E-state index >= 15 is 0 Å². The van der Waals surface area contributed by atoms with Gasteiger partial charge in [-0.2, -0.15) is 0 Å². The van der Waals surface area contributed by atoms with Gasteiger partial charge in [0.1, 0.15) is 0 Å². The number of nitrogens with zero attached hydrogens (tertiary/aromatic N) is 1. The minimum absolute atomic E-state index is 0.0918. The Hall–Kier alpha value is -1.53. The molecule has 2 aromatic rings. The first-order valence-electron chi connectivity index (χ1n) is 5.73. The molecule has 0 saturated carbocycles. The Morgan fingerprint density at radius 2 is 2.17 bits per heavy atom. The van der Waals surface area contributed by atoms with Crippen molar-refractivity contribution < 1.29 is 4.79 Å². The van der Waals surface area contributed by atoms with Crippen molar-refractivity contribution in [3.05, 3.63) is 24.3 Å². The Labute approximate surface area is 110 Å². The summed E-state index contributed by atoms with van der Waals surface area (Å²) in [7, 11) is 0. The molecule has 0 bridgehead atoms. The summed E-state index contributed by atoms with van der Waals surface area (Å²) in [6, 6.07) is 7.85. The van der Waals surface area contributed by atoms with Gasteiger partial charge in [-0.3, -0.25) is 10.2 Å². The lowest BCUT2D eigenvalue weighted by Gasteiger charge is -2.16. The third-order valence-corrected chi connectivity index (χ3v) is 4.12. The van der Waals surface area contributed by atoms with Gasteiger partial charge in [0.25, 0.3) is 0 Å². The van der Waals surface area contributed by atoms with Crippen molar-refractivity contribution in [1.82, 2.24) is 15.4 Å². The first kappa shape index (κ1) is 12.9. The maximum atomic E-state index is 11.4. The van der Waals surface area contributed by atoms with Crippen LogP contribution in [0, 0.1) is 5.92 Å². The van der Waals surface area contributed by atoms with Gasteiger partial charge in [-0.15, -0.1) is 0 Å². The molecule has 2 atom stereocenters. The maximum absolute atomic E-state index is 11.4. The van der Waals surface area contributed by atoms with Gasteiger partial charge in [0.05, 0.1) is 11.0 Å². The molecule has 96 valence electrons. The van der Waals surface area contributed by atoms with Crippen LogP contribution < -0.4 is 11.3 Å². The number of amides is 1. The molecule has 1 heterocycles. The summed E-state index contributed by atoms with van der Waals surface area (Å²) < 4.78 is 0. The Bertz CT molecular complexity index is 521. The average Bonchev–Trinajstić information content (AvgIpc) is 2.78. The van der Waals surface area contributed by atoms with Crippen molar-refractivity contribution in [2.75, 3.05) is 0 Å². The fourth-order valence-electron chi connectivity index (χ4n) is 1.61. The molecule has 2 unspecified atom stereocenters. The fraction of sp³-hybridized carbons (Fsp3) is 0.333. The highest BCUT2D eigenvalue weighted by atomic mass is 32.2. The number of carbonyl (C=O) groups excluding carboxylic acids is 1. The van der Waals surface area contributed by atoms with Crippen molar-refractivity contribution in [3.8, 4) is 0 Å². The fourth-order valence-corrected chi connectivity index (χ4v) is 2.61. The number of H-pyrrole nitrogens is 1. The van der Waals surface area contributed by atoms with Gasteiger partial charge in [0, 0.05) is 11.2 Å². The van der Waals surface area contributed by atoms with Crippen LogP contribution in [-0.4, -0.2) is 21.1 Å². The molecule has 2 rings (SSSR count). The molecule has 6 heteroatoms. The number of imidazole rings is 1. The number of rotatable bonds is 4. The lowest BCUT2D eigenvalue weighted by Crippen LogP contribution is -2.38. The van der Waals surface area contributed by atoms with Crippen LogP contribution in [0.3, 0.4) is 0 Å². The monoisotopic (exact) mass is 264 g/mol. The highest BCUT2D eigenvalue weighted by molar-refractivity contribution is 7.99. The van der Waals surface area contributed by atoms with Crippen molar-refractivity contribution in [2.45, 2.75) is 24.3 Å². The molecule has 0 spiro atoms. The molecule has 0 saturated heterocycles. The maximum Gasteiger partial charge on any atom is 0.237 e. The van der Waals surface area contributed by atoms with E-state index in [-0.39, 0.29) is 17.1 Å². The highest BCUT2D eigenvalue weighted by Gasteiger charge is 2.21. The number of hydrazine groups is 1. The molecule has 0 aliphatic carbocycles. The van der Waals surface area contributed by atoms with Gasteiger partial charge in [-0.25, -0.2) is 10.8 Å². The zero-order valence-electron chi connectivity index (χ0n) is 10.3. The van der Waals surface area contributed by atoms with Crippen LogP contribution in [0.15, 0.2) is 29.4 Å². The second-order valence-corrected chi connectivity index (χ2v) is 5.55. The van der Waals surface area contributed by atoms with Crippen LogP contribution in [0.2, 0.25) is 0 Å². The van der Waals surface area contributed by atoms with Crippen LogP contribution >= 0.6 is 11.8 Å². The van der Waals surface area contributed by atoms with Gasteiger partial charge >= 0.3 is 0 Å². The number of nitrogens with one attached hydrogen (secondary N) is 2. The summed E-state index contributed by atoms with van der Waals surface area (Å²) >= 11 is 1.54. The van der Waals surface area contributed by atoms with E-state index in [0.717, 1.165) is 16.2 Å². The van der Waals surface area contributed by atoms with E-state index in [2.05, 4.69) is 15.4 Å². The number of fused-ring (bicyclic) bond motifs is 1. The largest absolute Gasteiger partial charge is 0.333 e. The van der Waals surface area contributed by atoms with Gasteiger partial charge in [0.2, 0.25) is 5.91 Å². The van der Waals surface area contributed by atoms with Crippen LogP contribution in [-0.2, 0) is 4.79 Å². The quantitative estimate of drug-likeness (QED) is 0.339. The molecule has 1 amide bonds. The highest BCUT2D eigenvalue weighted by Crippen LogP contribution is 2.27. The zero-order valence-corrected chi connectivity index (χ0v) is 11.1. The molecule has 4 N–H and O–H groups in total. The predicted molar refractivity (Wildman–Crippen MR) is 72.9 cm³/mol. The van der Waals surface area contributed by atoms with Gasteiger partial charge < -0.3 is 4.98 Å². The second-order valence-electron chi connectivity index (χ2n) is 4.18. The normalized spacial score (nSPS) is 14.4. The van der Waals surface area contributed by atoms with E-state index in [1.54, 1.807) is 0 Å². The van der Waals surface area contributed by atoms with Crippen molar-refractivity contribution in [1.29, 1.82) is 0 Å². The molecule has 0 fully saturated rings. The number of carbonyl (C=O) groups is 1. The minimum Gasteiger partial charge on any atom is -0.333 e. The first-order valence-corrected chi connectivity index (χ1v) is 6.61. The summed E-state index contributed by atoms with van der Waals surface area (Å²) in [6.45, 7) is 3.83. The number of benzene rings is 1. The van der Waals surface area contributed by atoms with Crippen molar-refractivity contribution in [3.63, 3.8) is 0 Å². The molecular weight excluding hydrogens is 248 g/mol. The summed E-state index contributed by atoms with van der Waals surface area (Å²) in [6.07, 6.45) is 0. The Kier molecular flexibility index (Phi) is 3.88. The van der Waals surface area contributed by atoms with Gasteiger partial charge in [-0.1, -0.05) is 37.7 Å². The van der Waals surface area contributed by atoms with E-state index in [1.807, 2.05) is 38.1 Å². The minimum atomic E-state index is -0.173. The van der Waals surface area contributed by atoms with Crippen LogP contribution in [0.1, 0.15) is 13.8 Å². The standard InChI is InChI=1S/C12H16N4OS/c1-7(11(17)16-13)8(2)18-12-14-9-5-3-4-6-10(9)15-12/h3-8H,13H2,1-2H3,(H,14,15)(H,16,17). The Morgan fingerprint density at radius 3 is 2.83 bits per heavy atom. The van der Waals surface area contributed by atoms with E-state index in [1.165, 1.54) is 11.8 Å². The van der Waals surface area contributed by atoms with Crippen LogP contribution in [0.25, 0.3) is 11.0 Å². The third-order valence-electron chi connectivity index (χ3n) is 2.93. The molecule has 5 nitrogen and oxygen atoms in total. The lowest BCUT2D eigenvalue weighted by molar-refractivity contribution is -0.124. The Morgan fingerprint density at radius 1 is 1.44 bits per heavy atom. The molecule has 1 aromatic heterocycles. The predicted octanol–water partition coefficient (Wildman–Crippen LogP) is 1.67. The smallest absolute Gasteiger partial charge is 0.237 e. The SMILES string of the molecule is CC(Sc1nc2ccccc2[nH]1)C(C)C(=O)NN. The van der Waals surface area contributed by atoms with Crippen molar-refractivity contribution >= 4 is 28.7 Å². The number of hydrogen-bond acceptors (Lipinski definition) is 4. The topological polar surface area (TPSA) is 83.8 Å². The third kappa shape index (κ3) is 2.65. The van der Waals surface area contributed by atoms with Gasteiger partial charge in [0.15, 0.2) is 5.16 Å². The summed E-state index contributed by atoms with van der Waals surface area (Å²) in [5.74, 6) is 4.80. The van der Waals surface area contributed by atoms with Crippen LogP contribution in [0.4, 0.5) is 0 Å². The number of para-hydroxylation sites is 2. The molecule has 0 radical (unpaired) electrons. The molecular formula is C12H16N4OS. The van der Waals surface area contributed by atoms with E-state index in [0.29, 0.717) is 0 Å². The molecule has 1 aromatic carbocycles. The van der Waals surface area contributed by atoms with Gasteiger partial charge in [-0.05, 0) is 12.1 Å². The summed E-state index contributed by atoms with van der Waals surface area (Å²) in [5.41, 5.74) is 4.11. The lowest BCUT2D eigenvalue weighted by atomic mass is 10.1. The molecule has 18 heavy (non-hydrogen) atoms.